The molecule has 0 unspecified atom stereocenters. The molecule has 4 nitrogen and oxygen atoms in total. The molecular weight excluding hydrogens is 346 g/mol. The smallest absolute Gasteiger partial charge is 0.268 e. The first-order valence-electron chi connectivity index (χ1n) is 7.83. The topological polar surface area (TPSA) is 42.3 Å². The first-order chi connectivity index (χ1) is 11.8. The number of hydrogen-bond donors (Lipinski definition) is 0. The number of nitrogens with zero attached hydrogens (tertiary/aromatic N) is 2. The number of hydrogen-bond acceptors (Lipinski definition) is 3. The van der Waals surface area contributed by atoms with Crippen LogP contribution in [0.4, 0.5) is 8.78 Å². The van der Waals surface area contributed by atoms with Gasteiger partial charge in [0.05, 0.1) is 10.4 Å². The van der Waals surface area contributed by atoms with Crippen LogP contribution >= 0.6 is 0 Å². The monoisotopic (exact) mass is 362 g/mol. The van der Waals surface area contributed by atoms with E-state index in [1.807, 2.05) is 19.0 Å². The summed E-state index contributed by atoms with van der Waals surface area (Å²) in [6, 6.07) is 6.10. The summed E-state index contributed by atoms with van der Waals surface area (Å²) in [5.74, 6) is -1.03. The normalized spacial score (nSPS) is 14.9. The summed E-state index contributed by atoms with van der Waals surface area (Å²) in [5.41, 5.74) is 1.76. The molecule has 1 aliphatic heterocycles. The zero-order valence-electron chi connectivity index (χ0n) is 13.8. The Hall–Kier alpha value is -2.25. The van der Waals surface area contributed by atoms with Crippen LogP contribution in [0.25, 0.3) is 22.0 Å². The fraction of sp³-hybridized carbons (Fsp3) is 0.222. The molecule has 0 atom stereocenters. The highest BCUT2D eigenvalue weighted by Crippen LogP contribution is 2.42. The van der Waals surface area contributed by atoms with E-state index >= 15 is 0 Å². The van der Waals surface area contributed by atoms with Crippen LogP contribution in [-0.4, -0.2) is 37.9 Å². The molecule has 0 amide bonds. The molecule has 0 spiro atoms. The van der Waals surface area contributed by atoms with Crippen molar-refractivity contribution in [3.8, 4) is 11.1 Å². The molecule has 25 heavy (non-hydrogen) atoms. The van der Waals surface area contributed by atoms with Gasteiger partial charge in [-0.25, -0.2) is 21.2 Å². The zero-order chi connectivity index (χ0) is 17.9. The summed E-state index contributed by atoms with van der Waals surface area (Å²) in [5, 5.41) is 0.551. The van der Waals surface area contributed by atoms with E-state index in [0.29, 0.717) is 29.4 Å². The average molecular weight is 362 g/mol. The first kappa shape index (κ1) is 16.2. The van der Waals surface area contributed by atoms with Gasteiger partial charge in [0.2, 0.25) is 0 Å². The zero-order valence-corrected chi connectivity index (χ0v) is 14.6. The molecule has 130 valence electrons. The van der Waals surface area contributed by atoms with Crippen LogP contribution < -0.4 is 0 Å². The number of likely N-dealkylation sites (N-methyl/N-ethyl adjacent to an activating group) is 1. The highest BCUT2D eigenvalue weighted by atomic mass is 32.2. The number of rotatable bonds is 3. The fourth-order valence-corrected chi connectivity index (χ4v) is 4.94. The number of halogens is 2. The molecule has 0 saturated heterocycles. The van der Waals surface area contributed by atoms with Gasteiger partial charge in [-0.3, -0.25) is 0 Å². The Bertz CT molecular complexity index is 1120. The van der Waals surface area contributed by atoms with Crippen molar-refractivity contribution in [2.45, 2.75) is 11.3 Å². The van der Waals surface area contributed by atoms with Gasteiger partial charge >= 0.3 is 0 Å². The molecule has 7 heteroatoms. The molecule has 3 aromatic rings. The van der Waals surface area contributed by atoms with Gasteiger partial charge in [0.1, 0.15) is 11.6 Å². The molecule has 0 N–H and O–H groups in total. The molecule has 1 aliphatic rings. The molecule has 0 fully saturated rings. The second-order valence-corrected chi connectivity index (χ2v) is 8.28. The van der Waals surface area contributed by atoms with Crippen LogP contribution in [0.2, 0.25) is 0 Å². The van der Waals surface area contributed by atoms with Gasteiger partial charge in [0, 0.05) is 29.3 Å². The standard InChI is InChI=1S/C18H16F2N2O2S/c1-21(2)6-5-11-10-22-18-14(11)8-13(20)9-16(18)15-7-12(19)3-4-17(15)25(22,23)24/h3-4,7-10H,5-6H2,1-2H3. The molecule has 0 bridgehead atoms. The van der Waals surface area contributed by atoms with Gasteiger partial charge in [-0.2, -0.15) is 0 Å². The Kier molecular flexibility index (Phi) is 3.49. The molecule has 0 saturated carbocycles. The van der Waals surface area contributed by atoms with Crippen LogP contribution in [0.3, 0.4) is 0 Å². The van der Waals surface area contributed by atoms with Crippen molar-refractivity contribution in [1.29, 1.82) is 0 Å². The third kappa shape index (κ3) is 2.38. The van der Waals surface area contributed by atoms with E-state index in [2.05, 4.69) is 0 Å². The Balaban J connectivity index is 2.09. The predicted molar refractivity (Wildman–Crippen MR) is 92.1 cm³/mol. The maximum atomic E-state index is 14.2. The quantitative estimate of drug-likeness (QED) is 0.562. The van der Waals surface area contributed by atoms with Crippen molar-refractivity contribution in [1.82, 2.24) is 8.87 Å². The molecule has 2 heterocycles. The second kappa shape index (κ2) is 5.37. The van der Waals surface area contributed by atoms with Gasteiger partial charge in [0.15, 0.2) is 0 Å². The summed E-state index contributed by atoms with van der Waals surface area (Å²) in [6.45, 7) is 0.701. The van der Waals surface area contributed by atoms with E-state index < -0.39 is 21.7 Å². The Morgan fingerprint density at radius 1 is 1.04 bits per heavy atom. The first-order valence-corrected chi connectivity index (χ1v) is 9.27. The molecule has 0 radical (unpaired) electrons. The lowest BCUT2D eigenvalue weighted by Gasteiger charge is -2.20. The van der Waals surface area contributed by atoms with Gasteiger partial charge < -0.3 is 4.90 Å². The molecular formula is C18H16F2N2O2S. The van der Waals surface area contributed by atoms with E-state index in [1.54, 1.807) is 6.20 Å². The minimum atomic E-state index is -3.84. The fourth-order valence-electron chi connectivity index (χ4n) is 3.34. The minimum absolute atomic E-state index is 0.0111. The molecule has 0 aliphatic carbocycles. The van der Waals surface area contributed by atoms with E-state index in [9.17, 15) is 17.2 Å². The lowest BCUT2D eigenvalue weighted by Crippen LogP contribution is -2.17. The third-order valence-corrected chi connectivity index (χ3v) is 6.23. The highest BCUT2D eigenvalue weighted by Gasteiger charge is 2.32. The summed E-state index contributed by atoms with van der Waals surface area (Å²) >= 11 is 0. The molecule has 2 aromatic carbocycles. The third-order valence-electron chi connectivity index (χ3n) is 4.51. The van der Waals surface area contributed by atoms with Crippen LogP contribution in [0, 0.1) is 11.6 Å². The van der Waals surface area contributed by atoms with Crippen molar-refractivity contribution in [3.05, 3.63) is 53.7 Å². The van der Waals surface area contributed by atoms with Gasteiger partial charge in [-0.05, 0) is 56.4 Å². The predicted octanol–water partition coefficient (Wildman–Crippen LogP) is 3.24. The Labute approximate surface area is 144 Å². The lowest BCUT2D eigenvalue weighted by molar-refractivity contribution is 0.414. The van der Waals surface area contributed by atoms with E-state index in [-0.39, 0.29) is 10.5 Å². The van der Waals surface area contributed by atoms with Crippen molar-refractivity contribution < 1.29 is 17.2 Å². The van der Waals surface area contributed by atoms with E-state index in [4.69, 9.17) is 0 Å². The number of aromatic nitrogens is 1. The van der Waals surface area contributed by atoms with E-state index in [1.165, 1.54) is 22.2 Å². The van der Waals surface area contributed by atoms with Gasteiger partial charge in [-0.1, -0.05) is 0 Å². The van der Waals surface area contributed by atoms with Crippen LogP contribution in [0.15, 0.2) is 41.4 Å². The maximum absolute atomic E-state index is 14.2. The van der Waals surface area contributed by atoms with Crippen molar-refractivity contribution in [2.24, 2.45) is 0 Å². The number of fused-ring (bicyclic) bond motifs is 2. The van der Waals surface area contributed by atoms with Crippen molar-refractivity contribution in [3.63, 3.8) is 0 Å². The van der Waals surface area contributed by atoms with E-state index in [0.717, 1.165) is 17.7 Å². The minimum Gasteiger partial charge on any atom is -0.309 e. The van der Waals surface area contributed by atoms with Gasteiger partial charge in [-0.15, -0.1) is 0 Å². The van der Waals surface area contributed by atoms with Crippen LogP contribution in [0.1, 0.15) is 5.56 Å². The van der Waals surface area contributed by atoms with Crippen LogP contribution in [-0.2, 0) is 16.4 Å². The molecule has 1 aromatic heterocycles. The summed E-state index contributed by atoms with van der Waals surface area (Å²) < 4.78 is 55.1. The van der Waals surface area contributed by atoms with Crippen molar-refractivity contribution >= 4 is 20.9 Å². The lowest BCUT2D eigenvalue weighted by atomic mass is 10.0. The second-order valence-electron chi connectivity index (χ2n) is 6.50. The summed E-state index contributed by atoms with van der Waals surface area (Å²) in [6.07, 6.45) is 2.14. The SMILES string of the molecule is CN(C)CCc1cn2c3c(cc(F)cc13)-c1cc(F)ccc1S2(=O)=O. The summed E-state index contributed by atoms with van der Waals surface area (Å²) in [7, 11) is -0.0104. The molecule has 4 rings (SSSR count). The largest absolute Gasteiger partial charge is 0.309 e. The maximum Gasteiger partial charge on any atom is 0.268 e. The Morgan fingerprint density at radius 3 is 2.48 bits per heavy atom. The highest BCUT2D eigenvalue weighted by molar-refractivity contribution is 7.90. The van der Waals surface area contributed by atoms with Crippen molar-refractivity contribution in [2.75, 3.05) is 20.6 Å². The van der Waals surface area contributed by atoms with Crippen LogP contribution in [0.5, 0.6) is 0 Å². The van der Waals surface area contributed by atoms with Gasteiger partial charge in [0.25, 0.3) is 10.0 Å². The number of benzene rings is 2. The average Bonchev–Trinajstić information content (AvgIpc) is 2.90. The Morgan fingerprint density at radius 2 is 1.76 bits per heavy atom. The summed E-state index contributed by atoms with van der Waals surface area (Å²) in [4.78, 5) is 1.96.